The number of benzene rings is 3. The molecule has 6 heteroatoms. The molecule has 0 unspecified atom stereocenters. The van der Waals surface area contributed by atoms with Crippen LogP contribution in [0.1, 0.15) is 31.8 Å². The monoisotopic (exact) mass is 420 g/mol. The van der Waals surface area contributed by atoms with E-state index in [1.807, 2.05) is 6.92 Å². The van der Waals surface area contributed by atoms with Gasteiger partial charge in [-0.2, -0.15) is 0 Å². The van der Waals surface area contributed by atoms with Crippen LogP contribution in [0.15, 0.2) is 66.7 Å². The van der Waals surface area contributed by atoms with Gasteiger partial charge in [-0.05, 0) is 67.1 Å². The molecular formula is C25H21FO5. The first kappa shape index (κ1) is 21.8. The molecule has 3 aromatic rings. The van der Waals surface area contributed by atoms with E-state index in [1.54, 1.807) is 49.6 Å². The van der Waals surface area contributed by atoms with Gasteiger partial charge < -0.3 is 14.2 Å². The fraction of sp³-hybridized carbons (Fsp3) is 0.120. The molecule has 0 saturated carbocycles. The average molecular weight is 420 g/mol. The predicted molar refractivity (Wildman–Crippen MR) is 115 cm³/mol. The summed E-state index contributed by atoms with van der Waals surface area (Å²) in [5, 5.41) is 0. The number of aryl methyl sites for hydroxylation is 1. The number of hydrogen-bond donors (Lipinski definition) is 0. The normalized spacial score (nSPS) is 10.7. The molecule has 0 radical (unpaired) electrons. The van der Waals surface area contributed by atoms with Crippen LogP contribution in [0.4, 0.5) is 4.39 Å². The van der Waals surface area contributed by atoms with Crippen LogP contribution in [0.2, 0.25) is 0 Å². The third-order valence-corrected chi connectivity index (χ3v) is 4.52. The van der Waals surface area contributed by atoms with Gasteiger partial charge in [0.1, 0.15) is 11.6 Å². The molecule has 0 amide bonds. The molecule has 3 rings (SSSR count). The first-order valence-corrected chi connectivity index (χ1v) is 9.44. The summed E-state index contributed by atoms with van der Waals surface area (Å²) in [6, 6.07) is 15.2. The van der Waals surface area contributed by atoms with Crippen LogP contribution in [0.5, 0.6) is 17.2 Å². The average Bonchev–Trinajstić information content (AvgIpc) is 2.78. The highest BCUT2D eigenvalue weighted by Gasteiger charge is 2.16. The highest BCUT2D eigenvalue weighted by molar-refractivity contribution is 6.09. The lowest BCUT2D eigenvalue weighted by Gasteiger charge is -2.10. The van der Waals surface area contributed by atoms with Crippen molar-refractivity contribution in [1.82, 2.24) is 0 Å². The van der Waals surface area contributed by atoms with Gasteiger partial charge in [-0.1, -0.05) is 23.8 Å². The van der Waals surface area contributed by atoms with Crippen molar-refractivity contribution in [1.29, 1.82) is 0 Å². The second kappa shape index (κ2) is 9.71. The van der Waals surface area contributed by atoms with Crippen molar-refractivity contribution in [3.8, 4) is 17.2 Å². The van der Waals surface area contributed by atoms with E-state index in [9.17, 15) is 14.0 Å². The number of esters is 1. The van der Waals surface area contributed by atoms with E-state index < -0.39 is 11.8 Å². The smallest absolute Gasteiger partial charge is 0.343 e. The number of carbonyl (C=O) groups excluding carboxylic acids is 2. The third-order valence-electron chi connectivity index (χ3n) is 4.52. The molecule has 0 aliphatic heterocycles. The molecule has 31 heavy (non-hydrogen) atoms. The third kappa shape index (κ3) is 5.36. The highest BCUT2D eigenvalue weighted by Crippen LogP contribution is 2.28. The zero-order chi connectivity index (χ0) is 22.4. The number of halogens is 1. The van der Waals surface area contributed by atoms with Crippen LogP contribution in [-0.4, -0.2) is 26.0 Å². The van der Waals surface area contributed by atoms with E-state index >= 15 is 0 Å². The van der Waals surface area contributed by atoms with Crippen LogP contribution < -0.4 is 14.2 Å². The van der Waals surface area contributed by atoms with Gasteiger partial charge in [-0.15, -0.1) is 0 Å². The number of carbonyl (C=O) groups is 2. The Morgan fingerprint density at radius 3 is 2.19 bits per heavy atom. The Bertz CT molecular complexity index is 1130. The lowest BCUT2D eigenvalue weighted by Crippen LogP contribution is -2.11. The zero-order valence-electron chi connectivity index (χ0n) is 17.3. The SMILES string of the molecule is COc1ccc(/C=C/C(=O)c2cc(C)ccc2OC(=O)c2ccc(F)cc2)cc1OC. The maximum absolute atomic E-state index is 13.1. The minimum absolute atomic E-state index is 0.127. The first-order valence-electron chi connectivity index (χ1n) is 9.44. The maximum atomic E-state index is 13.1. The Kier molecular flexibility index (Phi) is 6.82. The number of ether oxygens (including phenoxy) is 3. The Balaban J connectivity index is 1.84. The molecule has 0 fully saturated rings. The highest BCUT2D eigenvalue weighted by atomic mass is 19.1. The Morgan fingerprint density at radius 2 is 1.52 bits per heavy atom. The number of rotatable bonds is 7. The van der Waals surface area contributed by atoms with Gasteiger partial charge in [0.15, 0.2) is 17.3 Å². The van der Waals surface area contributed by atoms with E-state index in [-0.39, 0.29) is 22.7 Å². The minimum Gasteiger partial charge on any atom is -0.493 e. The summed E-state index contributed by atoms with van der Waals surface area (Å²) in [7, 11) is 3.08. The number of ketones is 1. The predicted octanol–water partition coefficient (Wildman–Crippen LogP) is 5.27. The molecule has 0 aromatic heterocycles. The molecule has 3 aromatic carbocycles. The van der Waals surface area contributed by atoms with Crippen molar-refractivity contribution >= 4 is 17.8 Å². The van der Waals surface area contributed by atoms with E-state index in [2.05, 4.69) is 0 Å². The summed E-state index contributed by atoms with van der Waals surface area (Å²) in [4.78, 5) is 25.2. The van der Waals surface area contributed by atoms with Crippen LogP contribution in [0.3, 0.4) is 0 Å². The van der Waals surface area contributed by atoms with Gasteiger partial charge in [0.25, 0.3) is 0 Å². The second-order valence-electron chi connectivity index (χ2n) is 6.71. The molecule has 0 aliphatic rings. The Hall–Kier alpha value is -3.93. The molecule has 158 valence electrons. The molecule has 0 N–H and O–H groups in total. The van der Waals surface area contributed by atoms with Crippen LogP contribution in [0.25, 0.3) is 6.08 Å². The van der Waals surface area contributed by atoms with Gasteiger partial charge >= 0.3 is 5.97 Å². The standard InChI is InChI=1S/C25H21FO5/c1-16-4-12-22(31-25(28)18-7-9-19(26)10-8-18)20(14-16)21(27)11-5-17-6-13-23(29-2)24(15-17)30-3/h4-15H,1-3H3/b11-5+. The summed E-state index contributed by atoms with van der Waals surface area (Å²) in [5.74, 6) is -0.215. The van der Waals surface area contributed by atoms with Gasteiger partial charge in [-0.3, -0.25) is 4.79 Å². The molecule has 0 spiro atoms. The lowest BCUT2D eigenvalue weighted by atomic mass is 10.0. The van der Waals surface area contributed by atoms with Crippen molar-refractivity contribution in [2.75, 3.05) is 14.2 Å². The zero-order valence-corrected chi connectivity index (χ0v) is 17.3. The molecule has 0 saturated heterocycles. The summed E-state index contributed by atoms with van der Waals surface area (Å²) in [5.41, 5.74) is 2.00. The van der Waals surface area contributed by atoms with E-state index in [4.69, 9.17) is 14.2 Å². The summed E-state index contributed by atoms with van der Waals surface area (Å²) < 4.78 is 29.0. The topological polar surface area (TPSA) is 61.8 Å². The molecule has 0 bridgehead atoms. The Morgan fingerprint density at radius 1 is 0.839 bits per heavy atom. The van der Waals surface area contributed by atoms with Gasteiger partial charge in [0, 0.05) is 0 Å². The van der Waals surface area contributed by atoms with Crippen LogP contribution >= 0.6 is 0 Å². The van der Waals surface area contributed by atoms with Gasteiger partial charge in [0.05, 0.1) is 25.3 Å². The van der Waals surface area contributed by atoms with Crippen molar-refractivity contribution < 1.29 is 28.2 Å². The molecular weight excluding hydrogens is 399 g/mol. The van der Waals surface area contributed by atoms with Crippen LogP contribution in [-0.2, 0) is 0 Å². The van der Waals surface area contributed by atoms with E-state index in [0.717, 1.165) is 11.1 Å². The van der Waals surface area contributed by atoms with E-state index in [1.165, 1.54) is 37.5 Å². The first-order chi connectivity index (χ1) is 14.9. The Labute approximate surface area is 179 Å². The summed E-state index contributed by atoms with van der Waals surface area (Å²) in [6.07, 6.45) is 3.03. The number of methoxy groups -OCH3 is 2. The molecule has 0 atom stereocenters. The summed E-state index contributed by atoms with van der Waals surface area (Å²) in [6.45, 7) is 1.83. The van der Waals surface area contributed by atoms with Gasteiger partial charge in [-0.25, -0.2) is 9.18 Å². The number of hydrogen-bond acceptors (Lipinski definition) is 5. The van der Waals surface area contributed by atoms with Crippen LogP contribution in [0, 0.1) is 12.7 Å². The van der Waals surface area contributed by atoms with Crippen molar-refractivity contribution in [3.05, 3.63) is 94.8 Å². The van der Waals surface area contributed by atoms with Crippen molar-refractivity contribution in [2.24, 2.45) is 0 Å². The van der Waals surface area contributed by atoms with Gasteiger partial charge in [0.2, 0.25) is 0 Å². The largest absolute Gasteiger partial charge is 0.493 e. The molecule has 0 aliphatic carbocycles. The van der Waals surface area contributed by atoms with E-state index in [0.29, 0.717) is 11.5 Å². The summed E-state index contributed by atoms with van der Waals surface area (Å²) >= 11 is 0. The number of allylic oxidation sites excluding steroid dienone is 1. The fourth-order valence-electron chi connectivity index (χ4n) is 2.89. The minimum atomic E-state index is -0.679. The quantitative estimate of drug-likeness (QED) is 0.226. The second-order valence-corrected chi connectivity index (χ2v) is 6.71. The van der Waals surface area contributed by atoms with Crippen molar-refractivity contribution in [3.63, 3.8) is 0 Å². The molecule has 5 nitrogen and oxygen atoms in total. The molecule has 0 heterocycles. The maximum Gasteiger partial charge on any atom is 0.343 e. The van der Waals surface area contributed by atoms with Crippen molar-refractivity contribution in [2.45, 2.75) is 6.92 Å². The fourth-order valence-corrected chi connectivity index (χ4v) is 2.89. The lowest BCUT2D eigenvalue weighted by molar-refractivity contribution is 0.0733.